The van der Waals surface area contributed by atoms with E-state index in [9.17, 15) is 4.39 Å². The van der Waals surface area contributed by atoms with E-state index in [4.69, 9.17) is 4.52 Å². The molecule has 0 aliphatic heterocycles. The van der Waals surface area contributed by atoms with E-state index in [2.05, 4.69) is 20.0 Å². The van der Waals surface area contributed by atoms with Gasteiger partial charge in [0.25, 0.3) is 0 Å². The zero-order valence-electron chi connectivity index (χ0n) is 14.0. The average Bonchev–Trinajstić information content (AvgIpc) is 3.38. The van der Waals surface area contributed by atoms with Crippen molar-refractivity contribution in [3.8, 4) is 11.4 Å². The van der Waals surface area contributed by atoms with Gasteiger partial charge in [-0.05, 0) is 38.0 Å². The SMILES string of the molecule is C[C@@H](c1ccccc1F)N(Cc1nc(-c2cccnc2)no1)C1CC1. The Morgan fingerprint density at radius 3 is 2.80 bits per heavy atom. The summed E-state index contributed by atoms with van der Waals surface area (Å²) < 4.78 is 19.6. The lowest BCUT2D eigenvalue weighted by molar-refractivity contribution is 0.163. The number of hydrogen-bond acceptors (Lipinski definition) is 5. The highest BCUT2D eigenvalue weighted by atomic mass is 19.1. The highest BCUT2D eigenvalue weighted by Gasteiger charge is 2.34. The lowest BCUT2D eigenvalue weighted by Gasteiger charge is -2.28. The molecule has 2 aromatic heterocycles. The van der Waals surface area contributed by atoms with Crippen molar-refractivity contribution in [2.75, 3.05) is 0 Å². The van der Waals surface area contributed by atoms with Crippen molar-refractivity contribution < 1.29 is 8.91 Å². The van der Waals surface area contributed by atoms with Crippen LogP contribution in [0.15, 0.2) is 53.3 Å². The molecule has 0 N–H and O–H groups in total. The summed E-state index contributed by atoms with van der Waals surface area (Å²) in [6.45, 7) is 2.53. The average molecular weight is 338 g/mol. The molecule has 0 saturated heterocycles. The van der Waals surface area contributed by atoms with Crippen LogP contribution in [0.2, 0.25) is 0 Å². The lowest BCUT2D eigenvalue weighted by atomic mass is 10.1. The topological polar surface area (TPSA) is 55.1 Å². The second kappa shape index (κ2) is 6.72. The number of halogens is 1. The molecule has 0 unspecified atom stereocenters. The lowest BCUT2D eigenvalue weighted by Crippen LogP contribution is -2.29. The molecule has 1 saturated carbocycles. The number of hydrogen-bond donors (Lipinski definition) is 0. The summed E-state index contributed by atoms with van der Waals surface area (Å²) in [6.07, 6.45) is 5.63. The van der Waals surface area contributed by atoms with Gasteiger partial charge >= 0.3 is 0 Å². The summed E-state index contributed by atoms with van der Waals surface area (Å²) in [7, 11) is 0. The minimum Gasteiger partial charge on any atom is -0.338 e. The molecule has 0 bridgehead atoms. The van der Waals surface area contributed by atoms with Crippen molar-refractivity contribution >= 4 is 0 Å². The van der Waals surface area contributed by atoms with Crippen LogP contribution >= 0.6 is 0 Å². The second-order valence-electron chi connectivity index (χ2n) is 6.35. The maximum atomic E-state index is 14.2. The van der Waals surface area contributed by atoms with Gasteiger partial charge in [-0.2, -0.15) is 4.98 Å². The van der Waals surface area contributed by atoms with Gasteiger partial charge in [-0.1, -0.05) is 23.4 Å². The maximum Gasteiger partial charge on any atom is 0.241 e. The Morgan fingerprint density at radius 1 is 1.24 bits per heavy atom. The number of pyridine rings is 1. The van der Waals surface area contributed by atoms with E-state index in [1.54, 1.807) is 18.5 Å². The quantitative estimate of drug-likeness (QED) is 0.680. The molecule has 1 aliphatic rings. The Bertz CT molecular complexity index is 847. The van der Waals surface area contributed by atoms with Crippen LogP contribution in [0.4, 0.5) is 4.39 Å². The molecular formula is C19H19FN4O. The summed E-state index contributed by atoms with van der Waals surface area (Å²) in [5, 5.41) is 4.04. The second-order valence-corrected chi connectivity index (χ2v) is 6.35. The molecule has 6 heteroatoms. The van der Waals surface area contributed by atoms with E-state index in [1.807, 2.05) is 31.2 Å². The zero-order valence-corrected chi connectivity index (χ0v) is 14.0. The van der Waals surface area contributed by atoms with Crippen molar-refractivity contribution in [2.24, 2.45) is 0 Å². The molecule has 3 aromatic rings. The monoisotopic (exact) mass is 338 g/mol. The van der Waals surface area contributed by atoms with E-state index in [1.165, 1.54) is 6.07 Å². The summed E-state index contributed by atoms with van der Waals surface area (Å²) in [6, 6.07) is 11.0. The van der Waals surface area contributed by atoms with E-state index in [-0.39, 0.29) is 11.9 Å². The fourth-order valence-corrected chi connectivity index (χ4v) is 3.07. The Labute approximate surface area is 145 Å². The van der Waals surface area contributed by atoms with Crippen LogP contribution in [0.5, 0.6) is 0 Å². The van der Waals surface area contributed by atoms with E-state index >= 15 is 0 Å². The van der Waals surface area contributed by atoms with Crippen molar-refractivity contribution in [1.82, 2.24) is 20.0 Å². The minimum absolute atomic E-state index is 0.0533. The molecule has 1 atom stereocenters. The van der Waals surface area contributed by atoms with Crippen LogP contribution < -0.4 is 0 Å². The Morgan fingerprint density at radius 2 is 2.08 bits per heavy atom. The summed E-state index contributed by atoms with van der Waals surface area (Å²) in [5.41, 5.74) is 1.51. The molecule has 1 fully saturated rings. The Balaban J connectivity index is 1.55. The van der Waals surface area contributed by atoms with Crippen LogP contribution in [-0.2, 0) is 6.54 Å². The number of rotatable bonds is 6. The summed E-state index contributed by atoms with van der Waals surface area (Å²) >= 11 is 0. The third-order valence-corrected chi connectivity index (χ3v) is 4.57. The van der Waals surface area contributed by atoms with E-state index in [0.717, 1.165) is 18.4 Å². The van der Waals surface area contributed by atoms with Crippen LogP contribution in [-0.4, -0.2) is 26.1 Å². The van der Waals surface area contributed by atoms with Gasteiger partial charge in [0, 0.05) is 35.6 Å². The molecule has 4 rings (SSSR count). The third kappa shape index (κ3) is 3.44. The van der Waals surface area contributed by atoms with Gasteiger partial charge in [-0.15, -0.1) is 0 Å². The van der Waals surface area contributed by atoms with Crippen molar-refractivity contribution in [3.05, 3.63) is 66.1 Å². The molecule has 0 amide bonds. The van der Waals surface area contributed by atoms with Gasteiger partial charge in [-0.3, -0.25) is 9.88 Å². The van der Waals surface area contributed by atoms with Gasteiger partial charge in [-0.25, -0.2) is 4.39 Å². The summed E-state index contributed by atoms with van der Waals surface area (Å²) in [5.74, 6) is 0.883. The molecule has 1 aliphatic carbocycles. The minimum atomic E-state index is -0.178. The standard InChI is InChI=1S/C19H19FN4O/c1-13(16-6-2-3-7-17(16)20)24(15-8-9-15)12-18-22-19(23-25-18)14-5-4-10-21-11-14/h2-7,10-11,13,15H,8-9,12H2,1H3/t13-/m0/s1. The maximum absolute atomic E-state index is 14.2. The van der Waals surface area contributed by atoms with E-state index < -0.39 is 0 Å². The van der Waals surface area contributed by atoms with Crippen LogP contribution in [0.25, 0.3) is 11.4 Å². The van der Waals surface area contributed by atoms with Gasteiger partial charge in [0.05, 0.1) is 6.54 Å². The van der Waals surface area contributed by atoms with Crippen molar-refractivity contribution in [2.45, 2.75) is 38.4 Å². The third-order valence-electron chi connectivity index (χ3n) is 4.57. The predicted molar refractivity (Wildman–Crippen MR) is 90.9 cm³/mol. The number of nitrogens with zero attached hydrogens (tertiary/aromatic N) is 4. The van der Waals surface area contributed by atoms with Crippen LogP contribution in [0.1, 0.15) is 37.3 Å². The van der Waals surface area contributed by atoms with E-state index in [0.29, 0.717) is 29.9 Å². The van der Waals surface area contributed by atoms with Gasteiger partial charge in [0.15, 0.2) is 0 Å². The number of benzene rings is 1. The smallest absolute Gasteiger partial charge is 0.241 e. The molecule has 128 valence electrons. The Hall–Kier alpha value is -2.60. The Kier molecular flexibility index (Phi) is 4.28. The fraction of sp³-hybridized carbons (Fsp3) is 0.316. The first-order valence-corrected chi connectivity index (χ1v) is 8.45. The largest absolute Gasteiger partial charge is 0.338 e. The normalized spacial score (nSPS) is 15.5. The van der Waals surface area contributed by atoms with Crippen LogP contribution in [0, 0.1) is 5.82 Å². The number of aromatic nitrogens is 3. The van der Waals surface area contributed by atoms with Crippen molar-refractivity contribution in [3.63, 3.8) is 0 Å². The molecule has 25 heavy (non-hydrogen) atoms. The first-order chi connectivity index (χ1) is 12.2. The van der Waals surface area contributed by atoms with Gasteiger partial charge in [0.1, 0.15) is 5.82 Å². The molecule has 0 radical (unpaired) electrons. The first kappa shape index (κ1) is 15.9. The molecular weight excluding hydrogens is 319 g/mol. The molecule has 1 aromatic carbocycles. The van der Waals surface area contributed by atoms with Gasteiger partial charge in [0.2, 0.25) is 11.7 Å². The fourth-order valence-electron chi connectivity index (χ4n) is 3.07. The molecule has 0 spiro atoms. The highest BCUT2D eigenvalue weighted by molar-refractivity contribution is 5.51. The van der Waals surface area contributed by atoms with Crippen molar-refractivity contribution in [1.29, 1.82) is 0 Å². The molecule has 5 nitrogen and oxygen atoms in total. The van der Waals surface area contributed by atoms with Gasteiger partial charge < -0.3 is 4.52 Å². The predicted octanol–water partition coefficient (Wildman–Crippen LogP) is 4.00. The molecule has 2 heterocycles. The zero-order chi connectivity index (χ0) is 17.2. The highest BCUT2D eigenvalue weighted by Crippen LogP contribution is 2.36. The van der Waals surface area contributed by atoms with Crippen LogP contribution in [0.3, 0.4) is 0 Å². The summed E-state index contributed by atoms with van der Waals surface area (Å²) in [4.78, 5) is 10.8. The first-order valence-electron chi connectivity index (χ1n) is 8.45.